The number of benzene rings is 1. The Kier molecular flexibility index (Phi) is 3.09. The average molecular weight is 257 g/mol. The van der Waals surface area contributed by atoms with Crippen LogP contribution in [0.3, 0.4) is 0 Å². The van der Waals surface area contributed by atoms with Crippen molar-refractivity contribution in [3.05, 3.63) is 53.2 Å². The van der Waals surface area contributed by atoms with Gasteiger partial charge in [-0.1, -0.05) is 6.07 Å². The summed E-state index contributed by atoms with van der Waals surface area (Å²) in [6.07, 6.45) is 1.86. The predicted octanol–water partition coefficient (Wildman–Crippen LogP) is 2.11. The van der Waals surface area contributed by atoms with Crippen LogP contribution in [0.1, 0.15) is 22.8 Å². The highest BCUT2D eigenvalue weighted by atomic mass is 16.5. The van der Waals surface area contributed by atoms with E-state index >= 15 is 0 Å². The van der Waals surface area contributed by atoms with Gasteiger partial charge >= 0.3 is 0 Å². The number of nitrogens with zero attached hydrogens (tertiary/aromatic N) is 1. The topological polar surface area (TPSA) is 51.6 Å². The van der Waals surface area contributed by atoms with E-state index in [1.165, 1.54) is 0 Å². The monoisotopic (exact) mass is 257 g/mol. The van der Waals surface area contributed by atoms with Gasteiger partial charge in [0.15, 0.2) is 0 Å². The van der Waals surface area contributed by atoms with E-state index in [1.54, 1.807) is 19.4 Å². The molecule has 1 aliphatic rings. The normalized spacial score (nSPS) is 14.6. The van der Waals surface area contributed by atoms with E-state index in [9.17, 15) is 5.11 Å². The minimum Gasteiger partial charge on any atom is -0.493 e. The van der Waals surface area contributed by atoms with Crippen LogP contribution in [0.4, 0.5) is 0 Å². The molecule has 0 saturated carbocycles. The zero-order valence-electron chi connectivity index (χ0n) is 10.7. The van der Waals surface area contributed by atoms with Gasteiger partial charge in [-0.15, -0.1) is 0 Å². The number of fused-ring (bicyclic) bond motifs is 1. The molecule has 2 aromatic rings. The molecule has 3 rings (SSSR count). The minimum absolute atomic E-state index is 0.540. The molecule has 4 nitrogen and oxygen atoms in total. The summed E-state index contributed by atoms with van der Waals surface area (Å²) in [5, 5.41) is 10.4. The smallest absolute Gasteiger partial charge is 0.212 e. The van der Waals surface area contributed by atoms with Gasteiger partial charge in [-0.2, -0.15) is 0 Å². The summed E-state index contributed by atoms with van der Waals surface area (Å²) in [6, 6.07) is 9.36. The number of rotatable bonds is 3. The molecule has 4 heteroatoms. The van der Waals surface area contributed by atoms with Gasteiger partial charge in [-0.05, 0) is 29.3 Å². The standard InChI is InChI=1S/C15H15NO3/c1-18-14-5-3-12(9-16-14)15(17)11-2-4-13-10(8-11)6-7-19-13/h2-5,8-9,15,17H,6-7H2,1H3. The van der Waals surface area contributed by atoms with Crippen molar-refractivity contribution in [3.63, 3.8) is 0 Å². The van der Waals surface area contributed by atoms with Crippen molar-refractivity contribution in [1.29, 1.82) is 0 Å². The Labute approximate surface area is 111 Å². The first-order valence-corrected chi connectivity index (χ1v) is 6.21. The van der Waals surface area contributed by atoms with Gasteiger partial charge in [0, 0.05) is 24.2 Å². The number of aliphatic hydroxyl groups is 1. The van der Waals surface area contributed by atoms with E-state index < -0.39 is 6.10 Å². The number of methoxy groups -OCH3 is 1. The summed E-state index contributed by atoms with van der Waals surface area (Å²) >= 11 is 0. The van der Waals surface area contributed by atoms with Crippen molar-refractivity contribution < 1.29 is 14.6 Å². The second-order valence-electron chi connectivity index (χ2n) is 4.50. The first-order valence-electron chi connectivity index (χ1n) is 6.21. The minimum atomic E-state index is -0.677. The maximum atomic E-state index is 10.4. The van der Waals surface area contributed by atoms with Crippen molar-refractivity contribution in [1.82, 2.24) is 4.98 Å². The van der Waals surface area contributed by atoms with Gasteiger partial charge in [0.25, 0.3) is 0 Å². The number of pyridine rings is 1. The van der Waals surface area contributed by atoms with E-state index in [0.29, 0.717) is 5.88 Å². The molecule has 0 radical (unpaired) electrons. The molecule has 0 bridgehead atoms. The Bertz CT molecular complexity index is 580. The largest absolute Gasteiger partial charge is 0.493 e. The van der Waals surface area contributed by atoms with E-state index in [1.807, 2.05) is 24.3 Å². The molecule has 0 aliphatic carbocycles. The van der Waals surface area contributed by atoms with E-state index in [4.69, 9.17) is 9.47 Å². The van der Waals surface area contributed by atoms with Crippen molar-refractivity contribution in [3.8, 4) is 11.6 Å². The number of aliphatic hydroxyl groups excluding tert-OH is 1. The second kappa shape index (κ2) is 4.90. The molecule has 98 valence electrons. The van der Waals surface area contributed by atoms with Gasteiger partial charge in [-0.25, -0.2) is 4.98 Å². The lowest BCUT2D eigenvalue weighted by Gasteiger charge is -2.12. The Morgan fingerprint density at radius 1 is 1.26 bits per heavy atom. The highest BCUT2D eigenvalue weighted by molar-refractivity contribution is 5.42. The van der Waals surface area contributed by atoms with Gasteiger partial charge in [0.05, 0.1) is 13.7 Å². The molecule has 0 saturated heterocycles. The molecule has 1 atom stereocenters. The highest BCUT2D eigenvalue weighted by Gasteiger charge is 2.16. The molecule has 1 aromatic carbocycles. The molecule has 0 amide bonds. The molecular weight excluding hydrogens is 242 g/mol. The molecule has 1 unspecified atom stereocenters. The summed E-state index contributed by atoms with van der Waals surface area (Å²) in [6.45, 7) is 0.721. The maximum Gasteiger partial charge on any atom is 0.212 e. The van der Waals surface area contributed by atoms with Crippen LogP contribution in [0.5, 0.6) is 11.6 Å². The van der Waals surface area contributed by atoms with Gasteiger partial charge in [0.2, 0.25) is 5.88 Å². The summed E-state index contributed by atoms with van der Waals surface area (Å²) in [5.74, 6) is 1.46. The van der Waals surface area contributed by atoms with Gasteiger partial charge < -0.3 is 14.6 Å². The molecular formula is C15H15NO3. The number of hydrogen-bond donors (Lipinski definition) is 1. The zero-order chi connectivity index (χ0) is 13.2. The molecule has 0 spiro atoms. The van der Waals surface area contributed by atoms with E-state index in [2.05, 4.69) is 4.98 Å². The van der Waals surface area contributed by atoms with Crippen LogP contribution in [0.15, 0.2) is 36.5 Å². The van der Waals surface area contributed by atoms with Crippen LogP contribution >= 0.6 is 0 Å². The Morgan fingerprint density at radius 2 is 2.11 bits per heavy atom. The van der Waals surface area contributed by atoms with Crippen LogP contribution in [0, 0.1) is 0 Å². The first-order chi connectivity index (χ1) is 9.28. The van der Waals surface area contributed by atoms with Crippen LogP contribution in [0.2, 0.25) is 0 Å². The fraction of sp³-hybridized carbons (Fsp3) is 0.267. The van der Waals surface area contributed by atoms with E-state index in [0.717, 1.165) is 35.5 Å². The summed E-state index contributed by atoms with van der Waals surface area (Å²) < 4.78 is 10.5. The lowest BCUT2D eigenvalue weighted by atomic mass is 10.00. The van der Waals surface area contributed by atoms with Crippen molar-refractivity contribution >= 4 is 0 Å². The number of hydrogen-bond acceptors (Lipinski definition) is 4. The quantitative estimate of drug-likeness (QED) is 0.915. The maximum absolute atomic E-state index is 10.4. The molecule has 0 fully saturated rings. The molecule has 2 heterocycles. The number of ether oxygens (including phenoxy) is 2. The SMILES string of the molecule is COc1ccc(C(O)c2ccc3c(c2)CCO3)cn1. The van der Waals surface area contributed by atoms with E-state index in [-0.39, 0.29) is 0 Å². The summed E-state index contributed by atoms with van der Waals surface area (Å²) in [7, 11) is 1.57. The Morgan fingerprint density at radius 3 is 2.84 bits per heavy atom. The highest BCUT2D eigenvalue weighted by Crippen LogP contribution is 2.30. The predicted molar refractivity (Wildman–Crippen MR) is 70.5 cm³/mol. The Balaban J connectivity index is 1.88. The van der Waals surface area contributed by atoms with Crippen LogP contribution in [0.25, 0.3) is 0 Å². The van der Waals surface area contributed by atoms with Crippen molar-refractivity contribution in [2.75, 3.05) is 13.7 Å². The first kappa shape index (κ1) is 12.0. The molecule has 19 heavy (non-hydrogen) atoms. The van der Waals surface area contributed by atoms with Crippen molar-refractivity contribution in [2.24, 2.45) is 0 Å². The molecule has 1 aliphatic heterocycles. The summed E-state index contributed by atoms with van der Waals surface area (Å²) in [4.78, 5) is 4.11. The molecule has 1 aromatic heterocycles. The zero-order valence-corrected chi connectivity index (χ0v) is 10.7. The second-order valence-corrected chi connectivity index (χ2v) is 4.50. The average Bonchev–Trinajstić information content (AvgIpc) is 2.94. The number of aromatic nitrogens is 1. The lowest BCUT2D eigenvalue weighted by molar-refractivity contribution is 0.219. The fourth-order valence-electron chi connectivity index (χ4n) is 2.24. The van der Waals surface area contributed by atoms with Crippen LogP contribution in [-0.4, -0.2) is 23.8 Å². The Hall–Kier alpha value is -2.07. The van der Waals surface area contributed by atoms with Crippen molar-refractivity contribution in [2.45, 2.75) is 12.5 Å². The molecule has 1 N–H and O–H groups in total. The third kappa shape index (κ3) is 2.27. The van der Waals surface area contributed by atoms with Crippen LogP contribution in [-0.2, 0) is 6.42 Å². The van der Waals surface area contributed by atoms with Gasteiger partial charge in [0.1, 0.15) is 11.9 Å². The third-order valence-electron chi connectivity index (χ3n) is 3.31. The summed E-state index contributed by atoms with van der Waals surface area (Å²) in [5.41, 5.74) is 2.76. The third-order valence-corrected chi connectivity index (χ3v) is 3.31. The fourth-order valence-corrected chi connectivity index (χ4v) is 2.24. The lowest BCUT2D eigenvalue weighted by Crippen LogP contribution is -2.01. The van der Waals surface area contributed by atoms with Gasteiger partial charge in [-0.3, -0.25) is 0 Å². The van der Waals surface area contributed by atoms with Crippen LogP contribution < -0.4 is 9.47 Å².